The number of hydrogen-bond acceptors (Lipinski definition) is 2. The van der Waals surface area contributed by atoms with Crippen LogP contribution in [0.2, 0.25) is 0 Å². The molecule has 0 unspecified atom stereocenters. The van der Waals surface area contributed by atoms with E-state index in [-0.39, 0.29) is 12.4 Å². The summed E-state index contributed by atoms with van der Waals surface area (Å²) < 4.78 is 5.01. The Hall–Kier alpha value is -1.20. The van der Waals surface area contributed by atoms with E-state index in [0.29, 0.717) is 6.42 Å². The summed E-state index contributed by atoms with van der Waals surface area (Å²) in [5, 5.41) is 8.35. The van der Waals surface area contributed by atoms with Crippen molar-refractivity contribution in [3.05, 3.63) is 29.8 Å². The maximum atomic E-state index is 8.35. The lowest BCUT2D eigenvalue weighted by atomic mass is 10.1. The Morgan fingerprint density at radius 3 is 2.38 bits per heavy atom. The predicted molar refractivity (Wildman–Crippen MR) is 54.2 cm³/mol. The van der Waals surface area contributed by atoms with E-state index >= 15 is 0 Å². The van der Waals surface area contributed by atoms with Crippen LogP contribution in [-0.2, 0) is 6.42 Å². The molecular formula is C10H12ClNO. The van der Waals surface area contributed by atoms with Gasteiger partial charge in [-0.05, 0) is 24.1 Å². The molecular weight excluding hydrogens is 186 g/mol. The van der Waals surface area contributed by atoms with Crippen LogP contribution >= 0.6 is 12.4 Å². The fourth-order valence-electron chi connectivity index (χ4n) is 0.992. The Bertz CT molecular complexity index is 276. The minimum atomic E-state index is 0. The van der Waals surface area contributed by atoms with Crippen LogP contribution in [0.25, 0.3) is 0 Å². The molecule has 0 saturated carbocycles. The predicted octanol–water partition coefficient (Wildman–Crippen LogP) is 2.57. The number of halogens is 1. The highest BCUT2D eigenvalue weighted by Gasteiger charge is 1.92. The molecule has 0 atom stereocenters. The van der Waals surface area contributed by atoms with Gasteiger partial charge in [0.05, 0.1) is 13.2 Å². The van der Waals surface area contributed by atoms with Crippen LogP contribution in [0.5, 0.6) is 5.75 Å². The largest absolute Gasteiger partial charge is 0.497 e. The third-order valence-corrected chi connectivity index (χ3v) is 1.68. The van der Waals surface area contributed by atoms with Crippen molar-refractivity contribution >= 4 is 12.4 Å². The summed E-state index contributed by atoms with van der Waals surface area (Å²) >= 11 is 0. The summed E-state index contributed by atoms with van der Waals surface area (Å²) in [6.07, 6.45) is 1.40. The van der Waals surface area contributed by atoms with Gasteiger partial charge in [0.1, 0.15) is 5.75 Å². The standard InChI is InChI=1S/C10H11NO.ClH/c1-12-10-6-4-9(5-7-10)3-2-8-11;/h4-7H,2-3H2,1H3;1H. The smallest absolute Gasteiger partial charge is 0.118 e. The molecule has 0 fully saturated rings. The molecule has 13 heavy (non-hydrogen) atoms. The van der Waals surface area contributed by atoms with Crippen LogP contribution in [0.1, 0.15) is 12.0 Å². The van der Waals surface area contributed by atoms with Crippen LogP contribution in [0, 0.1) is 11.3 Å². The van der Waals surface area contributed by atoms with E-state index in [2.05, 4.69) is 6.07 Å². The first-order valence-corrected chi connectivity index (χ1v) is 3.86. The van der Waals surface area contributed by atoms with E-state index in [1.165, 1.54) is 5.56 Å². The normalized spacial score (nSPS) is 8.31. The molecule has 70 valence electrons. The highest BCUT2D eigenvalue weighted by Crippen LogP contribution is 2.12. The third kappa shape index (κ3) is 3.82. The van der Waals surface area contributed by atoms with Crippen molar-refractivity contribution in [2.75, 3.05) is 7.11 Å². The van der Waals surface area contributed by atoms with Crippen molar-refractivity contribution in [3.63, 3.8) is 0 Å². The van der Waals surface area contributed by atoms with Crippen molar-refractivity contribution < 1.29 is 4.74 Å². The average molecular weight is 198 g/mol. The summed E-state index contributed by atoms with van der Waals surface area (Å²) in [5.41, 5.74) is 1.18. The van der Waals surface area contributed by atoms with Gasteiger partial charge in [-0.25, -0.2) is 0 Å². The minimum Gasteiger partial charge on any atom is -0.497 e. The molecule has 1 aromatic rings. The Morgan fingerprint density at radius 1 is 1.31 bits per heavy atom. The second-order valence-corrected chi connectivity index (χ2v) is 2.51. The van der Waals surface area contributed by atoms with Crippen LogP contribution in [-0.4, -0.2) is 7.11 Å². The molecule has 1 rings (SSSR count). The van der Waals surface area contributed by atoms with Gasteiger partial charge in [0.2, 0.25) is 0 Å². The van der Waals surface area contributed by atoms with Crippen LogP contribution in [0.4, 0.5) is 0 Å². The van der Waals surface area contributed by atoms with Crippen LogP contribution in [0.3, 0.4) is 0 Å². The van der Waals surface area contributed by atoms with E-state index in [0.717, 1.165) is 12.2 Å². The zero-order chi connectivity index (χ0) is 8.81. The Labute approximate surface area is 84.6 Å². The molecule has 0 aliphatic heterocycles. The highest BCUT2D eigenvalue weighted by atomic mass is 35.5. The minimum absolute atomic E-state index is 0. The monoisotopic (exact) mass is 197 g/mol. The van der Waals surface area contributed by atoms with Crippen molar-refractivity contribution in [1.82, 2.24) is 0 Å². The molecule has 0 N–H and O–H groups in total. The number of rotatable bonds is 3. The number of methoxy groups -OCH3 is 1. The molecule has 0 heterocycles. The molecule has 0 amide bonds. The molecule has 0 bridgehead atoms. The second-order valence-electron chi connectivity index (χ2n) is 2.51. The van der Waals surface area contributed by atoms with Gasteiger partial charge in [0, 0.05) is 6.42 Å². The average Bonchev–Trinajstić information content (AvgIpc) is 2.15. The molecule has 1 aromatic carbocycles. The SMILES string of the molecule is COc1ccc(CCC#N)cc1.Cl. The van der Waals surface area contributed by atoms with E-state index in [1.54, 1.807) is 7.11 Å². The molecule has 2 nitrogen and oxygen atoms in total. The lowest BCUT2D eigenvalue weighted by molar-refractivity contribution is 0.414. The lowest BCUT2D eigenvalue weighted by Gasteiger charge is -2.00. The van der Waals surface area contributed by atoms with Gasteiger partial charge in [0.25, 0.3) is 0 Å². The second kappa shape index (κ2) is 6.33. The molecule has 0 aromatic heterocycles. The Morgan fingerprint density at radius 2 is 1.92 bits per heavy atom. The third-order valence-electron chi connectivity index (χ3n) is 1.68. The van der Waals surface area contributed by atoms with E-state index in [4.69, 9.17) is 10.00 Å². The van der Waals surface area contributed by atoms with Gasteiger partial charge in [-0.3, -0.25) is 0 Å². The van der Waals surface area contributed by atoms with Crippen molar-refractivity contribution in [2.45, 2.75) is 12.8 Å². The molecule has 0 saturated heterocycles. The number of hydrogen-bond donors (Lipinski definition) is 0. The summed E-state index contributed by atoms with van der Waals surface area (Å²) in [6, 6.07) is 9.90. The van der Waals surface area contributed by atoms with Crippen LogP contribution in [0.15, 0.2) is 24.3 Å². The molecule has 0 aliphatic carbocycles. The van der Waals surface area contributed by atoms with Crippen molar-refractivity contribution in [1.29, 1.82) is 5.26 Å². The first-order chi connectivity index (χ1) is 5.86. The summed E-state index contributed by atoms with van der Waals surface area (Å²) in [5.74, 6) is 0.857. The van der Waals surface area contributed by atoms with Gasteiger partial charge < -0.3 is 4.74 Å². The van der Waals surface area contributed by atoms with E-state index < -0.39 is 0 Å². The topological polar surface area (TPSA) is 33.0 Å². The number of ether oxygens (including phenoxy) is 1. The number of benzene rings is 1. The summed E-state index contributed by atoms with van der Waals surface area (Å²) in [4.78, 5) is 0. The summed E-state index contributed by atoms with van der Waals surface area (Å²) in [7, 11) is 1.64. The molecule has 0 spiro atoms. The van der Waals surface area contributed by atoms with Crippen molar-refractivity contribution in [2.24, 2.45) is 0 Å². The van der Waals surface area contributed by atoms with Crippen LogP contribution < -0.4 is 4.74 Å². The zero-order valence-corrected chi connectivity index (χ0v) is 8.30. The maximum absolute atomic E-state index is 8.35. The zero-order valence-electron chi connectivity index (χ0n) is 7.49. The number of nitriles is 1. The van der Waals surface area contributed by atoms with E-state index in [9.17, 15) is 0 Å². The van der Waals surface area contributed by atoms with Gasteiger partial charge in [-0.2, -0.15) is 5.26 Å². The van der Waals surface area contributed by atoms with Crippen molar-refractivity contribution in [3.8, 4) is 11.8 Å². The Balaban J connectivity index is 0.00000144. The van der Waals surface area contributed by atoms with Gasteiger partial charge >= 0.3 is 0 Å². The number of nitrogens with zero attached hydrogens (tertiary/aromatic N) is 1. The lowest BCUT2D eigenvalue weighted by Crippen LogP contribution is -1.85. The van der Waals surface area contributed by atoms with Gasteiger partial charge in [-0.15, -0.1) is 12.4 Å². The maximum Gasteiger partial charge on any atom is 0.118 e. The molecule has 0 radical (unpaired) electrons. The first kappa shape index (κ1) is 11.8. The van der Waals surface area contributed by atoms with Gasteiger partial charge in [0.15, 0.2) is 0 Å². The number of aryl methyl sites for hydroxylation is 1. The summed E-state index contributed by atoms with van der Waals surface area (Å²) in [6.45, 7) is 0. The first-order valence-electron chi connectivity index (χ1n) is 3.86. The van der Waals surface area contributed by atoms with E-state index in [1.807, 2.05) is 24.3 Å². The molecule has 3 heteroatoms. The molecule has 0 aliphatic rings. The van der Waals surface area contributed by atoms with Gasteiger partial charge in [-0.1, -0.05) is 12.1 Å². The quantitative estimate of drug-likeness (QED) is 0.746. The fourth-order valence-corrected chi connectivity index (χ4v) is 0.992. The Kier molecular flexibility index (Phi) is 5.75. The highest BCUT2D eigenvalue weighted by molar-refractivity contribution is 5.85. The fraction of sp³-hybridized carbons (Fsp3) is 0.300.